The third-order valence-electron chi connectivity index (χ3n) is 3.70. The van der Waals surface area contributed by atoms with Crippen LogP contribution in [0.25, 0.3) is 6.08 Å². The van der Waals surface area contributed by atoms with E-state index in [4.69, 9.17) is 11.6 Å². The van der Waals surface area contributed by atoms with Crippen LogP contribution < -0.4 is 0 Å². The lowest BCUT2D eigenvalue weighted by Crippen LogP contribution is -2.39. The van der Waals surface area contributed by atoms with Gasteiger partial charge in [0.15, 0.2) is 0 Å². The van der Waals surface area contributed by atoms with Crippen molar-refractivity contribution in [2.75, 3.05) is 0 Å². The maximum Gasteiger partial charge on any atom is 0.105 e. The predicted octanol–water partition coefficient (Wildman–Crippen LogP) is 5.12. The SMILES string of the molecule is C[Si](C)(C)C(=Cc1cn(Cc2cccc(Cl)c2)nn1)[Si](C)(C)C. The van der Waals surface area contributed by atoms with Gasteiger partial charge in [0.25, 0.3) is 0 Å². The second-order valence-corrected chi connectivity index (χ2v) is 19.0. The molecule has 1 heterocycles. The highest BCUT2D eigenvalue weighted by Gasteiger charge is 2.30. The Hall–Kier alpha value is -1.18. The summed E-state index contributed by atoms with van der Waals surface area (Å²) in [5.41, 5.74) is 2.10. The van der Waals surface area contributed by atoms with Crippen LogP contribution in [0.1, 0.15) is 11.3 Å². The second-order valence-electron chi connectivity index (χ2n) is 8.03. The van der Waals surface area contributed by atoms with Gasteiger partial charge in [0.2, 0.25) is 0 Å². The molecule has 0 radical (unpaired) electrons. The van der Waals surface area contributed by atoms with Gasteiger partial charge in [0.1, 0.15) is 5.69 Å². The van der Waals surface area contributed by atoms with E-state index >= 15 is 0 Å². The van der Waals surface area contributed by atoms with E-state index in [1.54, 1.807) is 4.82 Å². The Kier molecular flexibility index (Phi) is 5.33. The van der Waals surface area contributed by atoms with Crippen LogP contribution in [0.2, 0.25) is 44.3 Å². The number of hydrogen-bond donors (Lipinski definition) is 0. The summed E-state index contributed by atoms with van der Waals surface area (Å²) in [4.78, 5) is 1.64. The van der Waals surface area contributed by atoms with Crippen molar-refractivity contribution < 1.29 is 0 Å². The Morgan fingerprint density at radius 3 is 2.35 bits per heavy atom. The monoisotopic (exact) mass is 363 g/mol. The van der Waals surface area contributed by atoms with E-state index in [2.05, 4.69) is 61.7 Å². The summed E-state index contributed by atoms with van der Waals surface area (Å²) in [6, 6.07) is 7.87. The van der Waals surface area contributed by atoms with Crippen molar-refractivity contribution in [3.63, 3.8) is 0 Å². The van der Waals surface area contributed by atoms with E-state index < -0.39 is 16.1 Å². The first kappa shape index (κ1) is 18.2. The summed E-state index contributed by atoms with van der Waals surface area (Å²) in [6.45, 7) is 15.2. The molecule has 1 aromatic heterocycles. The van der Waals surface area contributed by atoms with Gasteiger partial charge >= 0.3 is 0 Å². The van der Waals surface area contributed by atoms with Crippen LogP contribution in [0.5, 0.6) is 0 Å². The number of aromatic nitrogens is 3. The number of nitrogens with zero attached hydrogens (tertiary/aromatic N) is 3. The fourth-order valence-electron chi connectivity index (χ4n) is 2.99. The smallest absolute Gasteiger partial charge is 0.105 e. The van der Waals surface area contributed by atoms with Crippen LogP contribution in [0.4, 0.5) is 0 Å². The maximum atomic E-state index is 6.04. The minimum atomic E-state index is -1.35. The van der Waals surface area contributed by atoms with Gasteiger partial charge in [-0.25, -0.2) is 4.68 Å². The summed E-state index contributed by atoms with van der Waals surface area (Å²) < 4.78 is 1.88. The van der Waals surface area contributed by atoms with Crippen LogP contribution >= 0.6 is 11.6 Å². The number of hydrogen-bond acceptors (Lipinski definition) is 2. The van der Waals surface area contributed by atoms with Crippen LogP contribution in [-0.2, 0) is 6.54 Å². The lowest BCUT2D eigenvalue weighted by molar-refractivity contribution is 0.649. The fraction of sp³-hybridized carbons (Fsp3) is 0.412. The molecular formula is C17H26ClN3Si2. The van der Waals surface area contributed by atoms with Gasteiger partial charge in [-0.3, -0.25) is 0 Å². The zero-order chi connectivity index (χ0) is 17.3. The van der Waals surface area contributed by atoms with Crippen molar-refractivity contribution in [2.24, 2.45) is 0 Å². The molecule has 3 nitrogen and oxygen atoms in total. The average Bonchev–Trinajstić information content (AvgIpc) is 2.81. The Bertz CT molecular complexity index is 693. The Balaban J connectivity index is 2.26. The molecule has 0 saturated carbocycles. The number of benzene rings is 1. The van der Waals surface area contributed by atoms with Crippen LogP contribution in [0.15, 0.2) is 35.3 Å². The largest absolute Gasteiger partial charge is 0.248 e. The molecule has 0 fully saturated rings. The van der Waals surface area contributed by atoms with Crippen molar-refractivity contribution >= 4 is 33.8 Å². The molecule has 0 bridgehead atoms. The molecule has 0 N–H and O–H groups in total. The molecule has 23 heavy (non-hydrogen) atoms. The van der Waals surface area contributed by atoms with E-state index in [0.717, 1.165) is 16.3 Å². The van der Waals surface area contributed by atoms with Crippen molar-refractivity contribution in [3.8, 4) is 0 Å². The van der Waals surface area contributed by atoms with Gasteiger partial charge < -0.3 is 0 Å². The zero-order valence-electron chi connectivity index (χ0n) is 14.9. The van der Waals surface area contributed by atoms with Gasteiger partial charge in [-0.15, -0.1) is 5.10 Å². The summed E-state index contributed by atoms with van der Waals surface area (Å²) in [5, 5.41) is 9.37. The van der Waals surface area contributed by atoms with Gasteiger partial charge in [-0.1, -0.05) is 73.0 Å². The van der Waals surface area contributed by atoms with E-state index in [9.17, 15) is 0 Å². The maximum absolute atomic E-state index is 6.04. The molecule has 0 aliphatic rings. The molecule has 0 unspecified atom stereocenters. The first-order valence-corrected chi connectivity index (χ1v) is 15.3. The fourth-order valence-corrected chi connectivity index (χ4v) is 13.4. The molecule has 2 rings (SSSR count). The first-order chi connectivity index (χ1) is 10.6. The van der Waals surface area contributed by atoms with Gasteiger partial charge in [0.05, 0.1) is 28.9 Å². The molecule has 0 saturated heterocycles. The Morgan fingerprint density at radius 2 is 1.78 bits per heavy atom. The highest BCUT2D eigenvalue weighted by atomic mass is 35.5. The first-order valence-electron chi connectivity index (χ1n) is 7.93. The van der Waals surface area contributed by atoms with Crippen LogP contribution in [0, 0.1) is 0 Å². The molecule has 0 amide bonds. The Morgan fingerprint density at radius 1 is 1.13 bits per heavy atom. The summed E-state index contributed by atoms with van der Waals surface area (Å²) in [6.07, 6.45) is 4.32. The average molecular weight is 364 g/mol. The quantitative estimate of drug-likeness (QED) is 0.690. The molecule has 0 spiro atoms. The minimum Gasteiger partial charge on any atom is -0.248 e. The third-order valence-corrected chi connectivity index (χ3v) is 12.0. The standard InChI is InChI=1S/C17H26ClN3Si2/c1-22(2,3)17(23(4,5)6)11-16-13-21(20-19-16)12-14-8-7-9-15(18)10-14/h7-11,13H,12H2,1-6H3. The van der Waals surface area contributed by atoms with Crippen molar-refractivity contribution in [1.29, 1.82) is 0 Å². The molecule has 0 aliphatic heterocycles. The summed E-state index contributed by atoms with van der Waals surface area (Å²) >= 11 is 6.04. The van der Waals surface area contributed by atoms with Crippen molar-refractivity contribution in [2.45, 2.75) is 45.8 Å². The molecule has 6 heteroatoms. The molecule has 0 atom stereocenters. The second kappa shape index (κ2) is 6.75. The number of rotatable bonds is 5. The van der Waals surface area contributed by atoms with E-state index in [1.807, 2.05) is 29.1 Å². The van der Waals surface area contributed by atoms with Crippen LogP contribution in [-0.4, -0.2) is 31.1 Å². The Labute approximate surface area is 146 Å². The zero-order valence-corrected chi connectivity index (χ0v) is 17.6. The van der Waals surface area contributed by atoms with Crippen molar-refractivity contribution in [1.82, 2.24) is 15.0 Å². The minimum absolute atomic E-state index is 0.691. The third kappa shape index (κ3) is 5.16. The van der Waals surface area contributed by atoms with Gasteiger partial charge in [-0.05, 0) is 23.8 Å². The molecule has 1 aromatic carbocycles. The lowest BCUT2D eigenvalue weighted by atomic mass is 10.2. The van der Waals surface area contributed by atoms with E-state index in [-0.39, 0.29) is 0 Å². The topological polar surface area (TPSA) is 30.7 Å². The highest BCUT2D eigenvalue weighted by Crippen LogP contribution is 2.27. The highest BCUT2D eigenvalue weighted by molar-refractivity contribution is 7.05. The molecule has 0 aliphatic carbocycles. The van der Waals surface area contributed by atoms with Crippen LogP contribution in [0.3, 0.4) is 0 Å². The molecular weight excluding hydrogens is 338 g/mol. The summed E-state index contributed by atoms with van der Waals surface area (Å²) in [7, 11) is -2.70. The van der Waals surface area contributed by atoms with E-state index in [1.165, 1.54) is 0 Å². The van der Waals surface area contributed by atoms with Crippen molar-refractivity contribution in [3.05, 3.63) is 51.6 Å². The van der Waals surface area contributed by atoms with E-state index in [0.29, 0.717) is 6.54 Å². The lowest BCUT2D eigenvalue weighted by Gasteiger charge is -2.31. The number of halogens is 1. The van der Waals surface area contributed by atoms with Gasteiger partial charge in [-0.2, -0.15) is 0 Å². The predicted molar refractivity (Wildman–Crippen MR) is 105 cm³/mol. The molecule has 2 aromatic rings. The molecule has 124 valence electrons. The van der Waals surface area contributed by atoms with Gasteiger partial charge in [0, 0.05) is 5.02 Å². The summed E-state index contributed by atoms with van der Waals surface area (Å²) in [5.74, 6) is 0. The normalized spacial score (nSPS) is 12.3.